The van der Waals surface area contributed by atoms with Gasteiger partial charge in [0.25, 0.3) is 5.95 Å². The largest absolute Gasteiger partial charge is 0.462 e. The van der Waals surface area contributed by atoms with Crippen LogP contribution in [0.2, 0.25) is 0 Å². The maximum absolute atomic E-state index is 5.83. The molecular weight excluding hydrogens is 274 g/mol. The molecule has 3 heteroatoms. The molecule has 0 aliphatic carbocycles. The molecule has 1 fully saturated rings. The fourth-order valence-corrected chi connectivity index (χ4v) is 3.06. The van der Waals surface area contributed by atoms with Crippen LogP contribution < -0.4 is 5.32 Å². The molecule has 22 heavy (non-hydrogen) atoms. The average Bonchev–Trinajstić information content (AvgIpc) is 2.47. The molecule has 2 heterocycles. The summed E-state index contributed by atoms with van der Waals surface area (Å²) < 4.78 is 11.7. The zero-order chi connectivity index (χ0) is 15.5. The lowest BCUT2D eigenvalue weighted by Gasteiger charge is -2.29. The Kier molecular flexibility index (Phi) is 4.23. The van der Waals surface area contributed by atoms with Crippen LogP contribution in [0.3, 0.4) is 0 Å². The van der Waals surface area contributed by atoms with Crippen molar-refractivity contribution in [2.24, 2.45) is 0 Å². The molecule has 0 radical (unpaired) electrons. The predicted octanol–water partition coefficient (Wildman–Crippen LogP) is 4.22. The number of allylic oxidation sites excluding steroid dienone is 2. The number of hydrogen-bond donors (Lipinski definition) is 1. The third-order valence-corrected chi connectivity index (χ3v) is 4.03. The zero-order valence-corrected chi connectivity index (χ0v) is 13.4. The van der Waals surface area contributed by atoms with Gasteiger partial charge in [-0.25, -0.2) is 0 Å². The molecule has 0 saturated carbocycles. The van der Waals surface area contributed by atoms with Gasteiger partial charge in [-0.3, -0.25) is 0 Å². The van der Waals surface area contributed by atoms with Gasteiger partial charge in [-0.2, -0.15) is 0 Å². The van der Waals surface area contributed by atoms with Crippen molar-refractivity contribution in [2.45, 2.75) is 45.4 Å². The Morgan fingerprint density at radius 1 is 1.14 bits per heavy atom. The van der Waals surface area contributed by atoms with Crippen LogP contribution in [0.25, 0.3) is 6.08 Å². The van der Waals surface area contributed by atoms with Gasteiger partial charge in [0.05, 0.1) is 6.04 Å². The molecule has 1 aromatic rings. The second kappa shape index (κ2) is 6.30. The lowest BCUT2D eigenvalue weighted by atomic mass is 9.94. The maximum atomic E-state index is 5.83. The van der Waals surface area contributed by atoms with Crippen LogP contribution >= 0.6 is 0 Å². The Morgan fingerprint density at radius 3 is 2.59 bits per heavy atom. The first-order chi connectivity index (χ1) is 10.6. The highest BCUT2D eigenvalue weighted by molar-refractivity contribution is 5.58. The molecule has 1 N–H and O–H groups in total. The maximum Gasteiger partial charge on any atom is 0.280 e. The molecule has 3 nitrogen and oxygen atoms in total. The van der Waals surface area contributed by atoms with Crippen molar-refractivity contribution in [3.63, 3.8) is 0 Å². The van der Waals surface area contributed by atoms with Crippen molar-refractivity contribution in [3.05, 3.63) is 65.3 Å². The number of ether oxygens (including phenoxy) is 2. The van der Waals surface area contributed by atoms with E-state index in [1.165, 1.54) is 11.1 Å². The molecule has 0 amide bonds. The van der Waals surface area contributed by atoms with Crippen molar-refractivity contribution in [3.8, 4) is 0 Å². The van der Waals surface area contributed by atoms with E-state index >= 15 is 0 Å². The molecule has 1 saturated heterocycles. The first-order valence-electron chi connectivity index (χ1n) is 7.87. The zero-order valence-electron chi connectivity index (χ0n) is 13.4. The summed E-state index contributed by atoms with van der Waals surface area (Å²) in [5.41, 5.74) is 3.64. The van der Waals surface area contributed by atoms with Gasteiger partial charge in [0, 0.05) is 12.5 Å². The quantitative estimate of drug-likeness (QED) is 0.886. The predicted molar refractivity (Wildman–Crippen MR) is 89.0 cm³/mol. The highest BCUT2D eigenvalue weighted by Gasteiger charge is 2.22. The summed E-state index contributed by atoms with van der Waals surface area (Å²) in [6.45, 7) is 6.31. The van der Waals surface area contributed by atoms with E-state index in [1.807, 2.05) is 18.4 Å². The normalized spacial score (nSPS) is 26.9. The Balaban J connectivity index is 1.95. The van der Waals surface area contributed by atoms with Crippen molar-refractivity contribution >= 4 is 6.08 Å². The van der Waals surface area contributed by atoms with E-state index in [0.29, 0.717) is 5.95 Å². The number of aryl methyl sites for hydroxylation is 1. The molecule has 0 bridgehead atoms. The Hall–Kier alpha value is -2.16. The Labute approximate surface area is 132 Å². The lowest BCUT2D eigenvalue weighted by molar-refractivity contribution is -0.0890. The van der Waals surface area contributed by atoms with Crippen molar-refractivity contribution in [2.75, 3.05) is 0 Å². The number of nitrogens with one attached hydrogen (secondary N) is 1. The fraction of sp³-hybridized carbons (Fsp3) is 0.368. The van der Waals surface area contributed by atoms with Gasteiger partial charge in [-0.15, -0.1) is 0 Å². The van der Waals surface area contributed by atoms with E-state index < -0.39 is 0 Å². The standard InChI is InChI=1S/C19H23NO2/c1-13-7-6-8-16(19(13)17-9-4-5-10-20-17)12-18-21-14(2)11-15(3)22-18/h4-10,12,14-15,17,20H,11H2,1-3H3. The van der Waals surface area contributed by atoms with E-state index in [4.69, 9.17) is 9.47 Å². The van der Waals surface area contributed by atoms with Gasteiger partial charge in [0.2, 0.25) is 0 Å². The van der Waals surface area contributed by atoms with Crippen LogP contribution in [-0.2, 0) is 9.47 Å². The molecular formula is C19H23NO2. The minimum absolute atomic E-state index is 0.177. The average molecular weight is 297 g/mol. The van der Waals surface area contributed by atoms with Crippen molar-refractivity contribution in [1.29, 1.82) is 0 Å². The molecule has 3 unspecified atom stereocenters. The molecule has 2 aliphatic heterocycles. The van der Waals surface area contributed by atoms with Gasteiger partial charge in [-0.05, 0) is 49.7 Å². The summed E-state index contributed by atoms with van der Waals surface area (Å²) in [6.07, 6.45) is 11.5. The summed E-state index contributed by atoms with van der Waals surface area (Å²) in [5, 5.41) is 3.39. The second-order valence-electron chi connectivity index (χ2n) is 6.02. The number of dihydropyridines is 1. The monoisotopic (exact) mass is 297 g/mol. The summed E-state index contributed by atoms with van der Waals surface area (Å²) >= 11 is 0. The van der Waals surface area contributed by atoms with E-state index in [1.54, 1.807) is 0 Å². The van der Waals surface area contributed by atoms with Crippen molar-refractivity contribution < 1.29 is 9.47 Å². The first-order valence-corrected chi connectivity index (χ1v) is 7.87. The molecule has 2 aliphatic rings. The van der Waals surface area contributed by atoms with E-state index in [-0.39, 0.29) is 18.2 Å². The second-order valence-corrected chi connectivity index (χ2v) is 6.02. The Morgan fingerprint density at radius 2 is 1.91 bits per heavy atom. The first kappa shape index (κ1) is 14.8. The van der Waals surface area contributed by atoms with Gasteiger partial charge < -0.3 is 14.8 Å². The van der Waals surface area contributed by atoms with Gasteiger partial charge in [-0.1, -0.05) is 30.4 Å². The minimum Gasteiger partial charge on any atom is -0.462 e. The Bertz CT molecular complexity index is 618. The summed E-state index contributed by atoms with van der Waals surface area (Å²) in [4.78, 5) is 0. The summed E-state index contributed by atoms with van der Waals surface area (Å²) in [5.74, 6) is 0.619. The SMILES string of the molecule is Cc1cccc(C=C2OC(C)CC(C)O2)c1C1C=CC=CN1. The third kappa shape index (κ3) is 3.19. The molecule has 3 rings (SSSR count). The third-order valence-electron chi connectivity index (χ3n) is 4.03. The van der Waals surface area contributed by atoms with Crippen LogP contribution in [0, 0.1) is 6.92 Å². The molecule has 0 spiro atoms. The summed E-state index contributed by atoms with van der Waals surface area (Å²) in [7, 11) is 0. The van der Waals surface area contributed by atoms with Crippen LogP contribution in [0.5, 0.6) is 0 Å². The topological polar surface area (TPSA) is 30.5 Å². The molecule has 0 aromatic heterocycles. The number of benzene rings is 1. The van der Waals surface area contributed by atoms with E-state index in [0.717, 1.165) is 12.0 Å². The molecule has 1 aromatic carbocycles. The minimum atomic E-state index is 0.177. The van der Waals surface area contributed by atoms with Crippen LogP contribution in [0.1, 0.15) is 43.0 Å². The van der Waals surface area contributed by atoms with Crippen LogP contribution in [0.15, 0.2) is 48.6 Å². The van der Waals surface area contributed by atoms with Crippen LogP contribution in [-0.4, -0.2) is 12.2 Å². The number of hydrogen-bond acceptors (Lipinski definition) is 3. The van der Waals surface area contributed by atoms with Gasteiger partial charge >= 0.3 is 0 Å². The lowest BCUT2D eigenvalue weighted by Crippen LogP contribution is -2.25. The smallest absolute Gasteiger partial charge is 0.280 e. The van der Waals surface area contributed by atoms with Crippen molar-refractivity contribution in [1.82, 2.24) is 5.32 Å². The highest BCUT2D eigenvalue weighted by Crippen LogP contribution is 2.29. The van der Waals surface area contributed by atoms with E-state index in [9.17, 15) is 0 Å². The number of rotatable bonds is 2. The molecule has 3 atom stereocenters. The molecule has 116 valence electrons. The van der Waals surface area contributed by atoms with Gasteiger partial charge in [0.15, 0.2) is 0 Å². The fourth-order valence-electron chi connectivity index (χ4n) is 3.06. The highest BCUT2D eigenvalue weighted by atomic mass is 16.7. The van der Waals surface area contributed by atoms with Gasteiger partial charge in [0.1, 0.15) is 12.2 Å². The van der Waals surface area contributed by atoms with Crippen LogP contribution in [0.4, 0.5) is 0 Å². The van der Waals surface area contributed by atoms with E-state index in [2.05, 4.69) is 56.4 Å². The summed E-state index contributed by atoms with van der Waals surface area (Å²) in [6, 6.07) is 6.50.